The van der Waals surface area contributed by atoms with Crippen LogP contribution in [-0.4, -0.2) is 48.5 Å². The summed E-state index contributed by atoms with van der Waals surface area (Å²) in [6.45, 7) is 0. The van der Waals surface area contributed by atoms with E-state index in [2.05, 4.69) is 0 Å². The Bertz CT molecular complexity index is 448. The number of aliphatic hydroxyl groups is 1. The molecule has 0 saturated carbocycles. The molecule has 10 nitrogen and oxygen atoms in total. The molecule has 0 aliphatic rings. The standard InChI is InChI=1S/C5H14O10P2S/c6-5(16(7,8)9,17(10,11)12)3-1-2-4-18(13,14)15/h6H,1-4H2,(H2,7,8,9)(H2,10,11,12)(H,13,14,15). The van der Waals surface area contributed by atoms with E-state index in [-0.39, 0.29) is 6.42 Å². The zero-order chi connectivity index (χ0) is 14.8. The Kier molecular flexibility index (Phi) is 5.71. The fourth-order valence-electron chi connectivity index (χ4n) is 1.11. The molecule has 0 fully saturated rings. The summed E-state index contributed by atoms with van der Waals surface area (Å²) < 4.78 is 50.8. The van der Waals surface area contributed by atoms with Gasteiger partial charge in [-0.25, -0.2) is 0 Å². The zero-order valence-electron chi connectivity index (χ0n) is 8.95. The molecule has 6 N–H and O–H groups in total. The Balaban J connectivity index is 4.78. The highest BCUT2D eigenvalue weighted by molar-refractivity contribution is 7.85. The first-order valence-electron chi connectivity index (χ1n) is 4.49. The number of unbranched alkanes of at least 4 members (excludes halogenated alkanes) is 1. The molecule has 18 heavy (non-hydrogen) atoms. The molecule has 0 amide bonds. The lowest BCUT2D eigenvalue weighted by Gasteiger charge is -2.29. The molecule has 0 spiro atoms. The molecule has 0 aromatic carbocycles. The molecule has 0 heterocycles. The summed E-state index contributed by atoms with van der Waals surface area (Å²) >= 11 is 0. The smallest absolute Gasteiger partial charge is 0.368 e. The van der Waals surface area contributed by atoms with Gasteiger partial charge in [-0.15, -0.1) is 0 Å². The van der Waals surface area contributed by atoms with Crippen LogP contribution in [-0.2, 0) is 19.2 Å². The summed E-state index contributed by atoms with van der Waals surface area (Å²) in [5.41, 5.74) is 0. The second-order valence-electron chi connectivity index (χ2n) is 3.61. The number of rotatable bonds is 7. The monoisotopic (exact) mass is 328 g/mol. The molecule has 0 rings (SSSR count). The predicted molar refractivity (Wildman–Crippen MR) is 59.3 cm³/mol. The summed E-state index contributed by atoms with van der Waals surface area (Å²) in [7, 11) is -15.3. The third-order valence-corrected chi connectivity index (χ3v) is 6.78. The Morgan fingerprint density at radius 3 is 1.61 bits per heavy atom. The molecule has 0 atom stereocenters. The molecule has 0 radical (unpaired) electrons. The summed E-state index contributed by atoms with van der Waals surface area (Å²) in [5.74, 6) is -0.745. The normalized spacial score (nSPS) is 14.8. The molecule has 0 unspecified atom stereocenters. The van der Waals surface area contributed by atoms with Crippen molar-refractivity contribution >= 4 is 25.3 Å². The van der Waals surface area contributed by atoms with Gasteiger partial charge in [0.05, 0.1) is 5.75 Å². The van der Waals surface area contributed by atoms with Crippen LogP contribution < -0.4 is 0 Å². The van der Waals surface area contributed by atoms with Gasteiger partial charge < -0.3 is 24.7 Å². The van der Waals surface area contributed by atoms with Crippen LogP contribution in [0, 0.1) is 0 Å². The van der Waals surface area contributed by atoms with Gasteiger partial charge in [-0.05, 0) is 19.3 Å². The molecule has 0 aromatic heterocycles. The largest absolute Gasteiger partial charge is 0.369 e. The first-order chi connectivity index (χ1) is 7.71. The van der Waals surface area contributed by atoms with Gasteiger partial charge in [0.15, 0.2) is 0 Å². The average molecular weight is 328 g/mol. The average Bonchev–Trinajstić information content (AvgIpc) is 2.06. The molecular formula is C5H14O10P2S. The van der Waals surface area contributed by atoms with E-state index < -0.39 is 49.0 Å². The van der Waals surface area contributed by atoms with Gasteiger partial charge in [0.1, 0.15) is 0 Å². The Labute approximate surface area is 103 Å². The van der Waals surface area contributed by atoms with Crippen LogP contribution in [0.5, 0.6) is 0 Å². The third kappa shape index (κ3) is 5.04. The molecule has 0 aromatic rings. The Hall–Kier alpha value is 0.170. The fourth-order valence-corrected chi connectivity index (χ4v) is 3.93. The highest BCUT2D eigenvalue weighted by atomic mass is 32.2. The van der Waals surface area contributed by atoms with Crippen LogP contribution in [0.4, 0.5) is 0 Å². The SMILES string of the molecule is O=P(O)(O)C(O)(CCCCS(=O)(=O)O)P(=O)(O)O. The minimum atomic E-state index is -5.51. The summed E-state index contributed by atoms with van der Waals surface area (Å²) in [4.78, 5) is 34.9. The van der Waals surface area contributed by atoms with E-state index in [4.69, 9.17) is 24.1 Å². The fraction of sp³-hybridized carbons (Fsp3) is 1.00. The van der Waals surface area contributed by atoms with E-state index in [0.29, 0.717) is 0 Å². The highest BCUT2D eigenvalue weighted by Gasteiger charge is 2.58. The molecule has 13 heteroatoms. The molecule has 0 bridgehead atoms. The van der Waals surface area contributed by atoms with Crippen LogP contribution in [0.1, 0.15) is 19.3 Å². The van der Waals surface area contributed by atoms with Gasteiger partial charge in [0.25, 0.3) is 15.2 Å². The van der Waals surface area contributed by atoms with Gasteiger partial charge in [-0.1, -0.05) is 0 Å². The Morgan fingerprint density at radius 1 is 0.944 bits per heavy atom. The van der Waals surface area contributed by atoms with Crippen molar-refractivity contribution in [3.8, 4) is 0 Å². The van der Waals surface area contributed by atoms with Crippen LogP contribution in [0.2, 0.25) is 0 Å². The maximum absolute atomic E-state index is 10.9. The van der Waals surface area contributed by atoms with Gasteiger partial charge in [-0.3, -0.25) is 13.7 Å². The highest BCUT2D eigenvalue weighted by Crippen LogP contribution is 2.69. The van der Waals surface area contributed by atoms with Crippen LogP contribution in [0.25, 0.3) is 0 Å². The first kappa shape index (κ1) is 18.2. The number of hydrogen-bond acceptors (Lipinski definition) is 5. The van der Waals surface area contributed by atoms with E-state index in [9.17, 15) is 22.7 Å². The van der Waals surface area contributed by atoms with Crippen molar-refractivity contribution in [3.05, 3.63) is 0 Å². The summed E-state index contributed by atoms with van der Waals surface area (Å²) in [5, 5.41) is 5.83. The molecular weight excluding hydrogens is 314 g/mol. The van der Waals surface area contributed by atoms with Crippen molar-refractivity contribution in [1.29, 1.82) is 0 Å². The first-order valence-corrected chi connectivity index (χ1v) is 9.33. The Morgan fingerprint density at radius 2 is 1.33 bits per heavy atom. The van der Waals surface area contributed by atoms with E-state index in [1.807, 2.05) is 0 Å². The van der Waals surface area contributed by atoms with Gasteiger partial charge in [0, 0.05) is 0 Å². The van der Waals surface area contributed by atoms with E-state index in [1.165, 1.54) is 0 Å². The van der Waals surface area contributed by atoms with E-state index >= 15 is 0 Å². The topological polar surface area (TPSA) is 190 Å². The maximum Gasteiger partial charge on any atom is 0.369 e. The lowest BCUT2D eigenvalue weighted by atomic mass is 10.2. The zero-order valence-corrected chi connectivity index (χ0v) is 11.6. The van der Waals surface area contributed by atoms with Crippen molar-refractivity contribution in [2.24, 2.45) is 0 Å². The van der Waals surface area contributed by atoms with Crippen molar-refractivity contribution in [2.45, 2.75) is 24.3 Å². The van der Waals surface area contributed by atoms with Gasteiger partial charge in [-0.2, -0.15) is 8.42 Å². The van der Waals surface area contributed by atoms with Gasteiger partial charge in [0.2, 0.25) is 0 Å². The van der Waals surface area contributed by atoms with Crippen molar-refractivity contribution in [2.75, 3.05) is 5.75 Å². The van der Waals surface area contributed by atoms with Crippen molar-refractivity contribution in [1.82, 2.24) is 0 Å². The van der Waals surface area contributed by atoms with Gasteiger partial charge >= 0.3 is 15.2 Å². The molecule has 110 valence electrons. The van der Waals surface area contributed by atoms with Crippen LogP contribution >= 0.6 is 15.2 Å². The quantitative estimate of drug-likeness (QED) is 0.193. The van der Waals surface area contributed by atoms with Crippen LogP contribution in [0.3, 0.4) is 0 Å². The predicted octanol–water partition coefficient (Wildman–Crippen LogP) is -0.954. The second kappa shape index (κ2) is 5.66. The molecule has 0 aliphatic heterocycles. The summed E-state index contributed by atoms with van der Waals surface area (Å²) in [6.07, 6.45) is -1.73. The number of hydrogen-bond donors (Lipinski definition) is 6. The lowest BCUT2D eigenvalue weighted by Crippen LogP contribution is -2.28. The lowest BCUT2D eigenvalue weighted by molar-refractivity contribution is 0.121. The minimum Gasteiger partial charge on any atom is -0.368 e. The van der Waals surface area contributed by atoms with Crippen LogP contribution in [0.15, 0.2) is 0 Å². The van der Waals surface area contributed by atoms with E-state index in [0.717, 1.165) is 0 Å². The third-order valence-electron chi connectivity index (χ3n) is 2.10. The van der Waals surface area contributed by atoms with E-state index in [1.54, 1.807) is 0 Å². The molecule has 0 saturated heterocycles. The van der Waals surface area contributed by atoms with Crippen molar-refractivity contribution in [3.63, 3.8) is 0 Å². The maximum atomic E-state index is 10.9. The minimum absolute atomic E-state index is 0.318. The van der Waals surface area contributed by atoms with Crippen molar-refractivity contribution < 1.29 is 46.8 Å². The second-order valence-corrected chi connectivity index (χ2v) is 9.19. The summed E-state index contributed by atoms with van der Waals surface area (Å²) in [6, 6.07) is 0. The molecule has 0 aliphatic carbocycles.